The number of ether oxygens (including phenoxy) is 1. The van der Waals surface area contributed by atoms with Gasteiger partial charge in [-0.1, -0.05) is 47.6 Å². The number of carboxylic acids is 1. The Hall–Kier alpha value is -4.47. The number of nitrogens with two attached hydrogens (primary N) is 1. The standard InChI is InChI=1S/C23H22N6O4/c1-33-23-27-26-19-13-28(11-10-20(30)31)22(32)17-12-15(6-9-18(17)29(19)23)3-2-14-4-7-16(8-5-14)21(24)25/h2-9,12H,10-11,13H2,1H3,(H3,24,25)(H,30,31)/b3-2+. The zero-order valence-corrected chi connectivity index (χ0v) is 17.9. The summed E-state index contributed by atoms with van der Waals surface area (Å²) >= 11 is 0. The smallest absolute Gasteiger partial charge is 0.321 e. The van der Waals surface area contributed by atoms with Crippen LogP contribution < -0.4 is 10.5 Å². The number of amidine groups is 1. The Morgan fingerprint density at radius 2 is 1.88 bits per heavy atom. The molecule has 0 atom stereocenters. The molecule has 4 rings (SSSR count). The molecule has 4 N–H and O–H groups in total. The second-order valence-electron chi connectivity index (χ2n) is 7.45. The molecule has 0 fully saturated rings. The van der Waals surface area contributed by atoms with E-state index in [1.807, 2.05) is 30.4 Å². The van der Waals surface area contributed by atoms with Crippen LogP contribution in [-0.4, -0.2) is 56.1 Å². The van der Waals surface area contributed by atoms with Crippen LogP contribution in [0.1, 0.15) is 39.3 Å². The van der Waals surface area contributed by atoms with Crippen molar-refractivity contribution in [2.45, 2.75) is 13.0 Å². The summed E-state index contributed by atoms with van der Waals surface area (Å²) in [5.74, 6) is -0.789. The van der Waals surface area contributed by atoms with Crippen LogP contribution in [0.4, 0.5) is 0 Å². The summed E-state index contributed by atoms with van der Waals surface area (Å²) in [4.78, 5) is 25.9. The predicted molar refractivity (Wildman–Crippen MR) is 121 cm³/mol. The van der Waals surface area contributed by atoms with Gasteiger partial charge in [0.1, 0.15) is 5.84 Å². The molecule has 0 radical (unpaired) electrons. The SMILES string of the molecule is COc1nnc2n1-c1ccc(/C=C/c3ccc(C(=N)N)cc3)cc1C(=O)N(CCC(=O)O)C2. The lowest BCUT2D eigenvalue weighted by Crippen LogP contribution is -2.32. The van der Waals surface area contributed by atoms with E-state index in [9.17, 15) is 9.59 Å². The fourth-order valence-electron chi connectivity index (χ4n) is 3.59. The molecule has 1 aromatic heterocycles. The highest BCUT2D eigenvalue weighted by molar-refractivity contribution is 5.99. The van der Waals surface area contributed by atoms with Gasteiger partial charge in [0.15, 0.2) is 5.82 Å². The van der Waals surface area contributed by atoms with Crippen molar-refractivity contribution in [3.63, 3.8) is 0 Å². The zero-order chi connectivity index (χ0) is 23.5. The number of rotatable bonds is 7. The van der Waals surface area contributed by atoms with Crippen LogP contribution in [0.25, 0.3) is 17.8 Å². The van der Waals surface area contributed by atoms with Gasteiger partial charge in [-0.25, -0.2) is 4.57 Å². The van der Waals surface area contributed by atoms with Gasteiger partial charge < -0.3 is 20.5 Å². The van der Waals surface area contributed by atoms with E-state index in [2.05, 4.69) is 10.2 Å². The molecule has 33 heavy (non-hydrogen) atoms. The second kappa shape index (κ2) is 8.95. The highest BCUT2D eigenvalue weighted by atomic mass is 16.5. The summed E-state index contributed by atoms with van der Waals surface area (Å²) in [5, 5.41) is 24.7. The Labute approximate surface area is 189 Å². The minimum absolute atomic E-state index is 0.00559. The molecule has 168 valence electrons. The third-order valence-electron chi connectivity index (χ3n) is 5.28. The Kier molecular flexibility index (Phi) is 5.90. The molecule has 2 heterocycles. The Morgan fingerprint density at radius 1 is 1.18 bits per heavy atom. The second-order valence-corrected chi connectivity index (χ2v) is 7.45. The van der Waals surface area contributed by atoms with Crippen molar-refractivity contribution < 1.29 is 19.4 Å². The Balaban J connectivity index is 1.71. The third-order valence-corrected chi connectivity index (χ3v) is 5.28. The molecule has 0 aliphatic carbocycles. The van der Waals surface area contributed by atoms with E-state index in [1.165, 1.54) is 12.0 Å². The maximum absolute atomic E-state index is 13.3. The summed E-state index contributed by atoms with van der Waals surface area (Å²) in [5.41, 5.74) is 8.79. The van der Waals surface area contributed by atoms with Gasteiger partial charge in [-0.2, -0.15) is 0 Å². The fraction of sp³-hybridized carbons (Fsp3) is 0.174. The molecule has 3 aromatic rings. The molecule has 10 nitrogen and oxygen atoms in total. The van der Waals surface area contributed by atoms with E-state index in [4.69, 9.17) is 21.0 Å². The molecule has 0 saturated carbocycles. The van der Waals surface area contributed by atoms with E-state index < -0.39 is 5.97 Å². The van der Waals surface area contributed by atoms with Gasteiger partial charge >= 0.3 is 12.0 Å². The number of amides is 1. The average Bonchev–Trinajstić information content (AvgIpc) is 3.17. The summed E-state index contributed by atoms with van der Waals surface area (Å²) in [6.45, 7) is 0.163. The van der Waals surface area contributed by atoms with Crippen molar-refractivity contribution in [1.29, 1.82) is 5.41 Å². The first-order valence-electron chi connectivity index (χ1n) is 10.1. The Bertz CT molecular complexity index is 1260. The van der Waals surface area contributed by atoms with Crippen LogP contribution in [0.3, 0.4) is 0 Å². The van der Waals surface area contributed by atoms with Crippen LogP contribution in [0.15, 0.2) is 42.5 Å². The van der Waals surface area contributed by atoms with Crippen LogP contribution in [0.2, 0.25) is 0 Å². The number of fused-ring (bicyclic) bond motifs is 3. The number of aliphatic carboxylic acids is 1. The highest BCUT2D eigenvalue weighted by Crippen LogP contribution is 2.29. The van der Waals surface area contributed by atoms with E-state index in [0.29, 0.717) is 22.6 Å². The summed E-state index contributed by atoms with van der Waals surface area (Å²) in [6.07, 6.45) is 3.58. The van der Waals surface area contributed by atoms with E-state index in [0.717, 1.165) is 11.1 Å². The van der Waals surface area contributed by atoms with Crippen molar-refractivity contribution in [3.8, 4) is 11.7 Å². The summed E-state index contributed by atoms with van der Waals surface area (Å²) < 4.78 is 6.99. The molecule has 2 aromatic carbocycles. The fourth-order valence-corrected chi connectivity index (χ4v) is 3.59. The van der Waals surface area contributed by atoms with E-state index in [-0.39, 0.29) is 37.3 Å². The third kappa shape index (κ3) is 4.45. The molecule has 1 aliphatic heterocycles. The number of benzene rings is 2. The van der Waals surface area contributed by atoms with Gasteiger partial charge in [0.2, 0.25) is 0 Å². The van der Waals surface area contributed by atoms with Crippen molar-refractivity contribution in [2.24, 2.45) is 5.73 Å². The van der Waals surface area contributed by atoms with Crippen molar-refractivity contribution >= 4 is 29.9 Å². The number of hydrogen-bond acceptors (Lipinski definition) is 6. The van der Waals surface area contributed by atoms with Gasteiger partial charge in [0.05, 0.1) is 31.3 Å². The predicted octanol–water partition coefficient (Wildman–Crippen LogP) is 2.16. The number of nitrogens with zero attached hydrogens (tertiary/aromatic N) is 4. The first kappa shape index (κ1) is 21.8. The Morgan fingerprint density at radius 3 is 2.55 bits per heavy atom. The zero-order valence-electron chi connectivity index (χ0n) is 17.9. The monoisotopic (exact) mass is 446 g/mol. The molecule has 1 amide bonds. The summed E-state index contributed by atoms with van der Waals surface area (Å²) in [7, 11) is 1.47. The number of nitrogens with one attached hydrogen (secondary N) is 1. The molecule has 0 spiro atoms. The number of hydrogen-bond donors (Lipinski definition) is 3. The largest absolute Gasteiger partial charge is 0.481 e. The molecular formula is C23H22N6O4. The van der Waals surface area contributed by atoms with Gasteiger partial charge in [-0.05, 0) is 23.3 Å². The summed E-state index contributed by atoms with van der Waals surface area (Å²) in [6, 6.07) is 12.9. The van der Waals surface area contributed by atoms with Crippen LogP contribution in [-0.2, 0) is 11.3 Å². The number of methoxy groups -OCH3 is 1. The van der Waals surface area contributed by atoms with Crippen molar-refractivity contribution in [2.75, 3.05) is 13.7 Å². The van der Waals surface area contributed by atoms with Crippen LogP contribution >= 0.6 is 0 Å². The topological polar surface area (TPSA) is 147 Å². The quantitative estimate of drug-likeness (QED) is 0.286. The van der Waals surface area contributed by atoms with E-state index >= 15 is 0 Å². The highest BCUT2D eigenvalue weighted by Gasteiger charge is 2.29. The molecule has 0 bridgehead atoms. The van der Waals surface area contributed by atoms with Gasteiger partial charge in [-0.15, -0.1) is 5.10 Å². The normalized spacial score (nSPS) is 12.9. The lowest BCUT2D eigenvalue weighted by Gasteiger charge is -2.19. The number of carbonyl (C=O) groups is 2. The van der Waals surface area contributed by atoms with Crippen molar-refractivity contribution in [1.82, 2.24) is 19.7 Å². The van der Waals surface area contributed by atoms with Gasteiger partial charge in [-0.3, -0.25) is 15.0 Å². The molecule has 0 unspecified atom stereocenters. The first-order chi connectivity index (χ1) is 15.9. The minimum atomic E-state index is -0.987. The van der Waals surface area contributed by atoms with Gasteiger partial charge in [0, 0.05) is 12.1 Å². The molecular weight excluding hydrogens is 424 g/mol. The minimum Gasteiger partial charge on any atom is -0.481 e. The molecule has 0 saturated heterocycles. The van der Waals surface area contributed by atoms with E-state index in [1.54, 1.807) is 28.8 Å². The molecule has 10 heteroatoms. The lowest BCUT2D eigenvalue weighted by atomic mass is 10.0. The van der Waals surface area contributed by atoms with Crippen molar-refractivity contribution in [3.05, 3.63) is 70.5 Å². The van der Waals surface area contributed by atoms with Gasteiger partial charge in [0.25, 0.3) is 5.91 Å². The number of carboxylic acid groups (broad SMARTS) is 1. The maximum Gasteiger partial charge on any atom is 0.321 e. The van der Waals surface area contributed by atoms with Crippen LogP contribution in [0, 0.1) is 5.41 Å². The molecule has 1 aliphatic rings. The number of nitrogen functional groups attached to an aromatic ring is 1. The number of carbonyl (C=O) groups excluding carboxylic acids is 1. The maximum atomic E-state index is 13.3. The average molecular weight is 446 g/mol. The van der Waals surface area contributed by atoms with Crippen LogP contribution in [0.5, 0.6) is 6.01 Å². The lowest BCUT2D eigenvalue weighted by molar-refractivity contribution is -0.137. The number of aromatic nitrogens is 3. The first-order valence-corrected chi connectivity index (χ1v) is 10.1.